The van der Waals surface area contributed by atoms with E-state index in [0.29, 0.717) is 39.6 Å². The van der Waals surface area contributed by atoms with Gasteiger partial charge in [-0.3, -0.25) is 14.4 Å². The smallest absolute Gasteiger partial charge is 0.238 e. The van der Waals surface area contributed by atoms with Crippen molar-refractivity contribution in [1.29, 1.82) is 0 Å². The van der Waals surface area contributed by atoms with Crippen LogP contribution in [-0.4, -0.2) is 49.2 Å². The Morgan fingerprint density at radius 1 is 0.891 bits per heavy atom. The zero-order valence-corrected chi connectivity index (χ0v) is 25.4. The van der Waals surface area contributed by atoms with Crippen LogP contribution in [0.2, 0.25) is 0 Å². The van der Waals surface area contributed by atoms with Crippen LogP contribution in [0, 0.1) is 5.92 Å². The summed E-state index contributed by atoms with van der Waals surface area (Å²) in [4.78, 5) is 46.6. The number of hydrogen-bond acceptors (Lipinski definition) is 7. The Kier molecular flexibility index (Phi) is 7.20. The van der Waals surface area contributed by atoms with E-state index in [2.05, 4.69) is 11.9 Å². The average Bonchev–Trinajstić information content (AvgIpc) is 3.58. The predicted octanol–water partition coefficient (Wildman–Crippen LogP) is 6.25. The summed E-state index contributed by atoms with van der Waals surface area (Å²) in [5.41, 5.74) is 2.32. The molecule has 4 aromatic carbocycles. The van der Waals surface area contributed by atoms with Crippen molar-refractivity contribution in [2.45, 2.75) is 17.5 Å². The van der Waals surface area contributed by atoms with Crippen molar-refractivity contribution in [3.8, 4) is 17.2 Å². The molecule has 7 rings (SSSR count). The van der Waals surface area contributed by atoms with Gasteiger partial charge in [0, 0.05) is 23.0 Å². The highest BCUT2D eigenvalue weighted by Gasteiger charge is 2.70. The first-order valence-electron chi connectivity index (χ1n) is 15.0. The summed E-state index contributed by atoms with van der Waals surface area (Å²) < 4.78 is 16.7. The molecule has 0 aromatic heterocycles. The summed E-state index contributed by atoms with van der Waals surface area (Å²) in [6, 6.07) is 25.4. The minimum absolute atomic E-state index is 0.263. The molecule has 1 amide bonds. The van der Waals surface area contributed by atoms with Gasteiger partial charge in [-0.05, 0) is 59.2 Å². The number of anilines is 1. The molecule has 0 bridgehead atoms. The zero-order valence-electron chi connectivity index (χ0n) is 25.4. The number of ether oxygens (including phenoxy) is 3. The number of methoxy groups -OCH3 is 2. The van der Waals surface area contributed by atoms with E-state index in [1.165, 1.54) is 14.2 Å². The first kappa shape index (κ1) is 29.1. The number of carbonyl (C=O) groups excluding carboxylic acids is 3. The molecule has 0 radical (unpaired) electrons. The fourth-order valence-electron chi connectivity index (χ4n) is 7.40. The van der Waals surface area contributed by atoms with Gasteiger partial charge >= 0.3 is 0 Å². The van der Waals surface area contributed by atoms with Gasteiger partial charge in [-0.2, -0.15) is 0 Å². The van der Waals surface area contributed by atoms with Gasteiger partial charge in [0.2, 0.25) is 5.91 Å². The molecule has 46 heavy (non-hydrogen) atoms. The van der Waals surface area contributed by atoms with E-state index in [-0.39, 0.29) is 24.1 Å². The normalized spacial score (nSPS) is 22.0. The van der Waals surface area contributed by atoms with E-state index in [4.69, 9.17) is 14.2 Å². The number of amides is 1. The SMILES string of the molecule is C=CCOc1cccc(C(=O)[C@H]2[C@@H](C(=O)c3ccc(OC)c(OC)c3)N3C=Cc4ccccc4[C@@H]3[C@@]23C(=O)Nc2ccccc23)c1. The van der Waals surface area contributed by atoms with Gasteiger partial charge < -0.3 is 24.4 Å². The maximum Gasteiger partial charge on any atom is 0.238 e. The van der Waals surface area contributed by atoms with E-state index in [1.54, 1.807) is 48.5 Å². The van der Waals surface area contributed by atoms with Crippen LogP contribution >= 0.6 is 0 Å². The summed E-state index contributed by atoms with van der Waals surface area (Å²) in [5, 5.41) is 3.08. The molecule has 0 unspecified atom stereocenters. The predicted molar refractivity (Wildman–Crippen MR) is 174 cm³/mol. The number of nitrogens with one attached hydrogen (secondary N) is 1. The Labute approximate surface area is 266 Å². The van der Waals surface area contributed by atoms with E-state index < -0.39 is 23.4 Å². The minimum atomic E-state index is -1.44. The molecule has 4 aromatic rings. The number of benzene rings is 4. The van der Waals surface area contributed by atoms with Gasteiger partial charge in [-0.1, -0.05) is 67.3 Å². The highest BCUT2D eigenvalue weighted by Crippen LogP contribution is 2.62. The first-order valence-corrected chi connectivity index (χ1v) is 15.0. The standard InChI is InChI=1S/C38H32N2O6/c1-4-20-46-26-12-9-11-24(21-26)34(41)32-33(35(42)25-16-17-30(44-2)31(22-25)45-3)40-19-18-23-10-5-6-13-27(23)36(40)38(32)28-14-7-8-15-29(28)39-37(38)43/h4-19,21-22,32-33,36H,1,20H2,2-3H3,(H,39,43)/t32-,33+,36-,38+/m1/s1. The van der Waals surface area contributed by atoms with Gasteiger partial charge in [0.05, 0.1) is 26.2 Å². The molecule has 3 aliphatic rings. The Hall–Kier alpha value is -5.63. The Morgan fingerprint density at radius 3 is 2.46 bits per heavy atom. The molecule has 1 N–H and O–H groups in total. The molecule has 0 aliphatic carbocycles. The second kappa shape index (κ2) is 11.4. The molecule has 230 valence electrons. The number of rotatable bonds is 9. The lowest BCUT2D eigenvalue weighted by atomic mass is 9.62. The quantitative estimate of drug-likeness (QED) is 0.176. The fraction of sp³-hybridized carbons (Fsp3) is 0.184. The van der Waals surface area contributed by atoms with Crippen molar-refractivity contribution in [2.75, 3.05) is 26.1 Å². The molecular formula is C38H32N2O6. The molecule has 0 saturated carbocycles. The topological polar surface area (TPSA) is 94.2 Å². The van der Waals surface area contributed by atoms with E-state index >= 15 is 4.79 Å². The monoisotopic (exact) mass is 612 g/mol. The molecule has 3 heterocycles. The molecule has 1 spiro atoms. The lowest BCUT2D eigenvalue weighted by molar-refractivity contribution is -0.122. The maximum atomic E-state index is 15.1. The van der Waals surface area contributed by atoms with Crippen LogP contribution < -0.4 is 19.5 Å². The summed E-state index contributed by atoms with van der Waals surface area (Å²) in [7, 11) is 3.03. The molecule has 4 atom stereocenters. The van der Waals surface area contributed by atoms with Crippen LogP contribution in [0.25, 0.3) is 6.08 Å². The van der Waals surface area contributed by atoms with Crippen molar-refractivity contribution in [3.63, 3.8) is 0 Å². The number of carbonyl (C=O) groups is 3. The second-order valence-electron chi connectivity index (χ2n) is 11.5. The number of para-hydroxylation sites is 1. The van der Waals surface area contributed by atoms with Gasteiger partial charge in [-0.15, -0.1) is 0 Å². The number of hydrogen-bond donors (Lipinski definition) is 1. The van der Waals surface area contributed by atoms with Gasteiger partial charge in [0.25, 0.3) is 0 Å². The molecular weight excluding hydrogens is 580 g/mol. The lowest BCUT2D eigenvalue weighted by Crippen LogP contribution is -2.49. The third-order valence-corrected chi connectivity index (χ3v) is 9.28. The third-order valence-electron chi connectivity index (χ3n) is 9.28. The highest BCUT2D eigenvalue weighted by atomic mass is 16.5. The molecule has 1 saturated heterocycles. The van der Waals surface area contributed by atoms with Crippen molar-refractivity contribution in [3.05, 3.63) is 138 Å². The molecule has 3 aliphatic heterocycles. The summed E-state index contributed by atoms with van der Waals surface area (Å²) in [6.45, 7) is 3.98. The zero-order chi connectivity index (χ0) is 32.0. The second-order valence-corrected chi connectivity index (χ2v) is 11.5. The fourth-order valence-corrected chi connectivity index (χ4v) is 7.40. The van der Waals surface area contributed by atoms with E-state index in [1.807, 2.05) is 65.7 Å². The lowest BCUT2D eigenvalue weighted by Gasteiger charge is -2.38. The van der Waals surface area contributed by atoms with Crippen molar-refractivity contribution >= 4 is 29.2 Å². The van der Waals surface area contributed by atoms with Crippen LogP contribution in [0.1, 0.15) is 43.4 Å². The number of ketones is 2. The number of nitrogens with zero attached hydrogens (tertiary/aromatic N) is 1. The molecule has 8 heteroatoms. The average molecular weight is 613 g/mol. The molecule has 8 nitrogen and oxygen atoms in total. The Morgan fingerprint density at radius 2 is 1.65 bits per heavy atom. The van der Waals surface area contributed by atoms with Gasteiger partial charge in [0.15, 0.2) is 23.1 Å². The molecule has 1 fully saturated rings. The number of Topliss-reactive ketones (excluding diaryl/α,β-unsaturated/α-hetero) is 2. The Balaban J connectivity index is 1.49. The summed E-state index contributed by atoms with van der Waals surface area (Å²) >= 11 is 0. The van der Waals surface area contributed by atoms with Crippen molar-refractivity contribution in [1.82, 2.24) is 4.90 Å². The van der Waals surface area contributed by atoms with Crippen LogP contribution in [0.5, 0.6) is 17.2 Å². The largest absolute Gasteiger partial charge is 0.493 e. The summed E-state index contributed by atoms with van der Waals surface area (Å²) in [6.07, 6.45) is 5.41. The van der Waals surface area contributed by atoms with Gasteiger partial charge in [-0.25, -0.2) is 0 Å². The van der Waals surface area contributed by atoms with Gasteiger partial charge in [0.1, 0.15) is 23.8 Å². The van der Waals surface area contributed by atoms with Crippen molar-refractivity contribution < 1.29 is 28.6 Å². The van der Waals surface area contributed by atoms with Crippen LogP contribution in [0.4, 0.5) is 5.69 Å². The highest BCUT2D eigenvalue weighted by molar-refractivity contribution is 6.16. The third kappa shape index (κ3) is 4.24. The first-order chi connectivity index (χ1) is 22.4. The van der Waals surface area contributed by atoms with Crippen molar-refractivity contribution in [2.24, 2.45) is 5.92 Å². The summed E-state index contributed by atoms with van der Waals surface area (Å²) in [5.74, 6) is -0.756. The maximum absolute atomic E-state index is 15.1. The minimum Gasteiger partial charge on any atom is -0.493 e. The Bertz CT molecular complexity index is 1930. The number of fused-ring (bicyclic) bond motifs is 6. The van der Waals surface area contributed by atoms with E-state index in [9.17, 15) is 9.59 Å². The van der Waals surface area contributed by atoms with Crippen LogP contribution in [0.15, 0.2) is 110 Å². The van der Waals surface area contributed by atoms with Crippen LogP contribution in [-0.2, 0) is 10.2 Å². The van der Waals surface area contributed by atoms with Crippen LogP contribution in [0.3, 0.4) is 0 Å². The van der Waals surface area contributed by atoms with E-state index in [0.717, 1.165) is 11.1 Å².